The fourth-order valence-corrected chi connectivity index (χ4v) is 3.89. The summed E-state index contributed by atoms with van der Waals surface area (Å²) in [5, 5.41) is 3.09. The minimum atomic E-state index is -0.0928. The second kappa shape index (κ2) is 10.7. The number of hydrogen-bond donors (Lipinski definition) is 1. The van der Waals surface area contributed by atoms with Crippen molar-refractivity contribution in [2.24, 2.45) is 5.92 Å². The van der Waals surface area contributed by atoms with Crippen LogP contribution in [-0.4, -0.2) is 37.1 Å². The summed E-state index contributed by atoms with van der Waals surface area (Å²) in [6.07, 6.45) is 4.54. The molecule has 1 aromatic heterocycles. The molecule has 1 fully saturated rings. The third-order valence-electron chi connectivity index (χ3n) is 5.61. The molecule has 1 N–H and O–H groups in total. The van der Waals surface area contributed by atoms with Gasteiger partial charge in [-0.15, -0.1) is 0 Å². The average Bonchev–Trinajstić information content (AvgIpc) is 3.32. The van der Waals surface area contributed by atoms with E-state index < -0.39 is 0 Å². The van der Waals surface area contributed by atoms with Crippen LogP contribution in [0.3, 0.4) is 0 Å². The number of hydrogen-bond acceptors (Lipinski definition) is 5. The number of carbonyl (C=O) groups is 1. The number of nitrogens with one attached hydrogen (secondary N) is 1. The van der Waals surface area contributed by atoms with Gasteiger partial charge in [-0.05, 0) is 67.3 Å². The lowest BCUT2D eigenvalue weighted by molar-refractivity contribution is 0.0947. The van der Waals surface area contributed by atoms with Crippen molar-refractivity contribution in [3.8, 4) is 11.5 Å². The van der Waals surface area contributed by atoms with E-state index in [1.807, 2.05) is 25.1 Å². The van der Waals surface area contributed by atoms with E-state index in [0.29, 0.717) is 42.7 Å². The third-order valence-corrected chi connectivity index (χ3v) is 5.61. The Labute approximate surface area is 189 Å². The molecule has 6 heteroatoms. The lowest BCUT2D eigenvalue weighted by atomic mass is 10.1. The van der Waals surface area contributed by atoms with Crippen molar-refractivity contribution in [3.05, 3.63) is 84.2 Å². The minimum absolute atomic E-state index is 0.0928. The quantitative estimate of drug-likeness (QED) is 0.547. The number of rotatable bonds is 9. The largest absolute Gasteiger partial charge is 0.490 e. The Morgan fingerprint density at radius 1 is 1.06 bits per heavy atom. The van der Waals surface area contributed by atoms with Crippen molar-refractivity contribution < 1.29 is 14.3 Å². The predicted octanol–water partition coefficient (Wildman–Crippen LogP) is 4.32. The summed E-state index contributed by atoms with van der Waals surface area (Å²) >= 11 is 0. The van der Waals surface area contributed by atoms with Crippen LogP contribution in [0, 0.1) is 5.92 Å². The van der Waals surface area contributed by atoms with Gasteiger partial charge < -0.3 is 19.7 Å². The Morgan fingerprint density at radius 3 is 2.66 bits per heavy atom. The molecule has 1 atom stereocenters. The molecule has 3 aromatic rings. The molecule has 32 heavy (non-hydrogen) atoms. The topological polar surface area (TPSA) is 63.7 Å². The van der Waals surface area contributed by atoms with E-state index in [2.05, 4.69) is 39.5 Å². The Hall–Kier alpha value is -3.54. The number of nitrogens with zero attached hydrogens (tertiary/aromatic N) is 2. The molecule has 0 bridgehead atoms. The smallest absolute Gasteiger partial charge is 0.251 e. The van der Waals surface area contributed by atoms with E-state index in [1.54, 1.807) is 30.6 Å². The van der Waals surface area contributed by atoms with Crippen LogP contribution in [0.25, 0.3) is 0 Å². The fourth-order valence-electron chi connectivity index (χ4n) is 3.89. The van der Waals surface area contributed by atoms with E-state index in [4.69, 9.17) is 9.47 Å². The van der Waals surface area contributed by atoms with E-state index >= 15 is 0 Å². The first-order valence-corrected chi connectivity index (χ1v) is 11.1. The van der Waals surface area contributed by atoms with E-state index in [0.717, 1.165) is 25.1 Å². The zero-order valence-corrected chi connectivity index (χ0v) is 18.4. The number of para-hydroxylation sites is 1. The molecule has 1 amide bonds. The standard InChI is InChI=1S/C26H29N3O3/c1-2-31-25-16-22(8-9-24(25)32-19-20-10-13-27-14-11-20)26(30)28-17-21-12-15-29(18-21)23-6-4-3-5-7-23/h3-11,13-14,16,21H,2,12,15,17-19H2,1H3,(H,28,30). The molecule has 4 rings (SSSR count). The second-order valence-electron chi connectivity index (χ2n) is 7.88. The highest BCUT2D eigenvalue weighted by molar-refractivity contribution is 5.94. The van der Waals surface area contributed by atoms with Gasteiger partial charge in [0.25, 0.3) is 5.91 Å². The molecule has 0 aliphatic carbocycles. The lowest BCUT2D eigenvalue weighted by Crippen LogP contribution is -2.31. The maximum absolute atomic E-state index is 12.8. The fraction of sp³-hybridized carbons (Fsp3) is 0.308. The molecule has 166 valence electrons. The maximum atomic E-state index is 12.8. The van der Waals surface area contributed by atoms with Gasteiger partial charge in [-0.1, -0.05) is 18.2 Å². The molecule has 0 saturated carbocycles. The summed E-state index contributed by atoms with van der Waals surface area (Å²) in [7, 11) is 0. The zero-order chi connectivity index (χ0) is 22.2. The Balaban J connectivity index is 1.33. The number of anilines is 1. The zero-order valence-electron chi connectivity index (χ0n) is 18.4. The first-order valence-electron chi connectivity index (χ1n) is 11.1. The average molecular weight is 432 g/mol. The SMILES string of the molecule is CCOc1cc(C(=O)NCC2CCN(c3ccccc3)C2)ccc1OCc1ccncc1. The predicted molar refractivity (Wildman–Crippen MR) is 125 cm³/mol. The van der Waals surface area contributed by atoms with Crippen molar-refractivity contribution in [1.82, 2.24) is 10.3 Å². The molecule has 1 aliphatic heterocycles. The molecule has 1 aliphatic rings. The van der Waals surface area contributed by atoms with Gasteiger partial charge in [0.2, 0.25) is 0 Å². The van der Waals surface area contributed by atoms with Crippen LogP contribution in [0.5, 0.6) is 11.5 Å². The van der Waals surface area contributed by atoms with E-state index in [9.17, 15) is 4.79 Å². The van der Waals surface area contributed by atoms with Crippen molar-refractivity contribution in [3.63, 3.8) is 0 Å². The van der Waals surface area contributed by atoms with Crippen molar-refractivity contribution in [2.75, 3.05) is 31.1 Å². The van der Waals surface area contributed by atoms with Crippen LogP contribution in [-0.2, 0) is 6.61 Å². The van der Waals surface area contributed by atoms with Crippen LogP contribution in [0.2, 0.25) is 0 Å². The monoisotopic (exact) mass is 431 g/mol. The summed E-state index contributed by atoms with van der Waals surface area (Å²) in [5.41, 5.74) is 2.83. The van der Waals surface area contributed by atoms with Gasteiger partial charge in [0.15, 0.2) is 11.5 Å². The van der Waals surface area contributed by atoms with Crippen LogP contribution in [0.4, 0.5) is 5.69 Å². The summed E-state index contributed by atoms with van der Waals surface area (Å²) in [4.78, 5) is 19.2. The van der Waals surface area contributed by atoms with Gasteiger partial charge in [0, 0.05) is 43.3 Å². The molecule has 0 spiro atoms. The van der Waals surface area contributed by atoms with Crippen molar-refractivity contribution in [2.45, 2.75) is 20.0 Å². The second-order valence-corrected chi connectivity index (χ2v) is 7.88. The normalized spacial score (nSPS) is 15.4. The highest BCUT2D eigenvalue weighted by Gasteiger charge is 2.23. The highest BCUT2D eigenvalue weighted by atomic mass is 16.5. The van der Waals surface area contributed by atoms with Gasteiger partial charge in [-0.25, -0.2) is 0 Å². The lowest BCUT2D eigenvalue weighted by Gasteiger charge is -2.19. The van der Waals surface area contributed by atoms with Crippen molar-refractivity contribution in [1.29, 1.82) is 0 Å². The summed E-state index contributed by atoms with van der Waals surface area (Å²) < 4.78 is 11.6. The van der Waals surface area contributed by atoms with Crippen molar-refractivity contribution >= 4 is 11.6 Å². The van der Waals surface area contributed by atoms with Crippen LogP contribution in [0.1, 0.15) is 29.3 Å². The molecule has 2 aromatic carbocycles. The Morgan fingerprint density at radius 2 is 1.88 bits per heavy atom. The maximum Gasteiger partial charge on any atom is 0.251 e. The third kappa shape index (κ3) is 5.58. The molecule has 1 unspecified atom stereocenters. The minimum Gasteiger partial charge on any atom is -0.490 e. The Kier molecular flexibility index (Phi) is 7.23. The Bertz CT molecular complexity index is 1010. The van der Waals surface area contributed by atoms with Crippen LogP contribution in [0.15, 0.2) is 73.1 Å². The molecule has 0 radical (unpaired) electrons. The first-order chi connectivity index (χ1) is 15.7. The number of benzene rings is 2. The number of pyridine rings is 1. The number of aromatic nitrogens is 1. The molecular weight excluding hydrogens is 402 g/mol. The van der Waals surface area contributed by atoms with Gasteiger partial charge in [-0.3, -0.25) is 9.78 Å². The van der Waals surface area contributed by atoms with Crippen LogP contribution < -0.4 is 19.7 Å². The van der Waals surface area contributed by atoms with E-state index in [-0.39, 0.29) is 5.91 Å². The highest BCUT2D eigenvalue weighted by Crippen LogP contribution is 2.29. The van der Waals surface area contributed by atoms with Crippen LogP contribution >= 0.6 is 0 Å². The van der Waals surface area contributed by atoms with E-state index in [1.165, 1.54) is 5.69 Å². The van der Waals surface area contributed by atoms with Gasteiger partial charge in [-0.2, -0.15) is 0 Å². The van der Waals surface area contributed by atoms with Gasteiger partial charge >= 0.3 is 0 Å². The first kappa shape index (κ1) is 21.7. The summed E-state index contributed by atoms with van der Waals surface area (Å²) in [6, 6.07) is 19.6. The number of carbonyl (C=O) groups excluding carboxylic acids is 1. The molecule has 2 heterocycles. The summed E-state index contributed by atoms with van der Waals surface area (Å²) in [5.74, 6) is 1.54. The summed E-state index contributed by atoms with van der Waals surface area (Å²) in [6.45, 7) is 5.45. The molecule has 6 nitrogen and oxygen atoms in total. The molecular formula is C26H29N3O3. The number of ether oxygens (including phenoxy) is 2. The molecule has 1 saturated heterocycles. The van der Waals surface area contributed by atoms with Gasteiger partial charge in [0.1, 0.15) is 6.61 Å². The van der Waals surface area contributed by atoms with Gasteiger partial charge in [0.05, 0.1) is 6.61 Å². The number of amides is 1.